The molecule has 1 saturated heterocycles. The molecule has 4 aliphatic rings. The number of carbonyl (C=O) groups is 1. The molecule has 0 saturated carbocycles. The second-order valence-corrected chi connectivity index (χ2v) is 12.1. The second kappa shape index (κ2) is 5.51. The standard InChI is InChI=1S/C23H29NO3Si/c1-13-11-15-16-12-14-7-8-17(27-28-21(2,3)4)19-18(14)23(15,9-10-24(16)6)22(5,26-19)20(13)25/h7-8,11,15-16H,9-10,12H2,1-6H3/t15-,16+,22-,23-/m0/s1. The fourth-order valence-corrected chi connectivity index (χ4v) is 6.63. The molecule has 5 heteroatoms. The average Bonchev–Trinajstić information content (AvgIpc) is 2.89. The molecule has 2 aliphatic carbocycles. The first-order valence-electron chi connectivity index (χ1n) is 10.3. The zero-order valence-electron chi connectivity index (χ0n) is 17.7. The van der Waals surface area contributed by atoms with Crippen LogP contribution in [0.5, 0.6) is 11.5 Å². The third kappa shape index (κ3) is 2.12. The highest BCUT2D eigenvalue weighted by Gasteiger charge is 2.71. The number of ketones is 1. The Labute approximate surface area is 170 Å². The predicted molar refractivity (Wildman–Crippen MR) is 110 cm³/mol. The van der Waals surface area contributed by atoms with Gasteiger partial charge >= 0.3 is 9.76 Å². The normalized spacial score (nSPS) is 35.9. The van der Waals surface area contributed by atoms with Crippen molar-refractivity contribution in [2.75, 3.05) is 13.6 Å². The molecule has 2 heterocycles. The smallest absolute Gasteiger partial charge is 0.316 e. The van der Waals surface area contributed by atoms with E-state index in [2.05, 4.69) is 50.9 Å². The highest BCUT2D eigenvalue weighted by molar-refractivity contribution is 6.32. The van der Waals surface area contributed by atoms with Gasteiger partial charge in [-0.05, 0) is 62.5 Å². The second-order valence-electron chi connectivity index (χ2n) is 10.2. The van der Waals surface area contributed by atoms with Gasteiger partial charge in [-0.3, -0.25) is 4.79 Å². The predicted octanol–water partition coefficient (Wildman–Crippen LogP) is 3.70. The molecule has 2 aliphatic heterocycles. The summed E-state index contributed by atoms with van der Waals surface area (Å²) in [5.74, 6) is 2.09. The summed E-state index contributed by atoms with van der Waals surface area (Å²) < 4.78 is 12.9. The largest absolute Gasteiger partial charge is 0.538 e. The minimum Gasteiger partial charge on any atom is -0.538 e. The molecule has 0 unspecified atom stereocenters. The van der Waals surface area contributed by atoms with Crippen LogP contribution in [0.15, 0.2) is 23.8 Å². The number of piperidine rings is 1. The van der Waals surface area contributed by atoms with E-state index < -0.39 is 5.60 Å². The van der Waals surface area contributed by atoms with Gasteiger partial charge in [-0.2, -0.15) is 0 Å². The number of benzene rings is 1. The Morgan fingerprint density at radius 1 is 1.32 bits per heavy atom. The summed E-state index contributed by atoms with van der Waals surface area (Å²) in [6, 6.07) is 4.70. The summed E-state index contributed by atoms with van der Waals surface area (Å²) >= 11 is 0. The molecule has 1 fully saturated rings. The van der Waals surface area contributed by atoms with Crippen molar-refractivity contribution in [3.05, 3.63) is 34.9 Å². The van der Waals surface area contributed by atoms with Crippen LogP contribution >= 0.6 is 0 Å². The molecule has 1 aromatic carbocycles. The Morgan fingerprint density at radius 2 is 2.07 bits per heavy atom. The van der Waals surface area contributed by atoms with Gasteiger partial charge < -0.3 is 14.1 Å². The molecule has 1 spiro atoms. The Hall–Kier alpha value is -1.59. The number of hydrogen-bond donors (Lipinski definition) is 0. The quantitative estimate of drug-likeness (QED) is 0.716. The van der Waals surface area contributed by atoms with E-state index in [1.165, 1.54) is 11.1 Å². The van der Waals surface area contributed by atoms with Crippen LogP contribution in [0, 0.1) is 5.92 Å². The van der Waals surface area contributed by atoms with Gasteiger partial charge in [0.05, 0.1) is 5.41 Å². The van der Waals surface area contributed by atoms with E-state index in [4.69, 9.17) is 9.16 Å². The number of hydrogen-bond acceptors (Lipinski definition) is 4. The number of carbonyl (C=O) groups excluding carboxylic acids is 1. The van der Waals surface area contributed by atoms with Crippen molar-refractivity contribution in [3.63, 3.8) is 0 Å². The lowest BCUT2D eigenvalue weighted by molar-refractivity contribution is -0.141. The number of rotatable bonds is 2. The summed E-state index contributed by atoms with van der Waals surface area (Å²) in [5, 5.41) is 0.0886. The number of likely N-dealkylation sites (N-methyl/N-ethyl adjacent to an activating group) is 1. The fraction of sp³-hybridized carbons (Fsp3) is 0.609. The van der Waals surface area contributed by atoms with Crippen LogP contribution < -0.4 is 9.16 Å². The zero-order chi connectivity index (χ0) is 20.1. The molecule has 148 valence electrons. The van der Waals surface area contributed by atoms with Crippen LogP contribution in [0.2, 0.25) is 5.04 Å². The van der Waals surface area contributed by atoms with Crippen molar-refractivity contribution in [2.45, 2.75) is 69.6 Å². The van der Waals surface area contributed by atoms with E-state index >= 15 is 0 Å². The maximum atomic E-state index is 13.4. The average molecular weight is 396 g/mol. The number of nitrogens with zero attached hydrogens (tertiary/aromatic N) is 1. The van der Waals surface area contributed by atoms with Crippen molar-refractivity contribution in [2.24, 2.45) is 5.92 Å². The van der Waals surface area contributed by atoms with E-state index in [0.29, 0.717) is 21.7 Å². The topological polar surface area (TPSA) is 38.8 Å². The van der Waals surface area contributed by atoms with Gasteiger partial charge in [0.25, 0.3) is 0 Å². The molecule has 28 heavy (non-hydrogen) atoms. The number of ether oxygens (including phenoxy) is 1. The molecule has 0 amide bonds. The van der Waals surface area contributed by atoms with Crippen LogP contribution in [0.1, 0.15) is 52.2 Å². The molecule has 4 atom stereocenters. The highest BCUT2D eigenvalue weighted by atomic mass is 28.2. The maximum Gasteiger partial charge on any atom is 0.316 e. The van der Waals surface area contributed by atoms with Gasteiger partial charge in [0.2, 0.25) is 5.78 Å². The molecule has 0 N–H and O–H groups in total. The van der Waals surface area contributed by atoms with Crippen LogP contribution in [0.4, 0.5) is 0 Å². The Balaban J connectivity index is 1.73. The van der Waals surface area contributed by atoms with E-state index in [9.17, 15) is 4.79 Å². The zero-order valence-corrected chi connectivity index (χ0v) is 18.7. The van der Waals surface area contributed by atoms with Crippen molar-refractivity contribution < 1.29 is 14.0 Å². The summed E-state index contributed by atoms with van der Waals surface area (Å²) in [7, 11) is 2.56. The van der Waals surface area contributed by atoms with Gasteiger partial charge in [0.1, 0.15) is 5.75 Å². The summed E-state index contributed by atoms with van der Waals surface area (Å²) in [5.41, 5.74) is 2.33. The van der Waals surface area contributed by atoms with Gasteiger partial charge in [0, 0.05) is 17.5 Å². The monoisotopic (exact) mass is 395 g/mol. The van der Waals surface area contributed by atoms with Gasteiger partial charge in [-0.1, -0.05) is 32.9 Å². The molecule has 2 bridgehead atoms. The minimum atomic E-state index is -0.835. The first-order valence-corrected chi connectivity index (χ1v) is 11.2. The van der Waals surface area contributed by atoms with Gasteiger partial charge in [0.15, 0.2) is 11.4 Å². The first kappa shape index (κ1) is 18.4. The van der Waals surface area contributed by atoms with E-state index in [0.717, 1.165) is 36.5 Å². The maximum absolute atomic E-state index is 13.4. The summed E-state index contributed by atoms with van der Waals surface area (Å²) in [4.78, 5) is 15.9. The van der Waals surface area contributed by atoms with Crippen molar-refractivity contribution in [1.29, 1.82) is 0 Å². The third-order valence-corrected chi connectivity index (χ3v) is 8.27. The van der Waals surface area contributed by atoms with Crippen LogP contribution in [-0.2, 0) is 16.6 Å². The molecule has 0 aromatic heterocycles. The van der Waals surface area contributed by atoms with E-state index in [1.807, 2.05) is 13.8 Å². The molecular weight excluding hydrogens is 366 g/mol. The third-order valence-electron chi connectivity index (χ3n) is 7.34. The van der Waals surface area contributed by atoms with Gasteiger partial charge in [-0.15, -0.1) is 0 Å². The lowest BCUT2D eigenvalue weighted by Crippen LogP contribution is -2.69. The van der Waals surface area contributed by atoms with E-state index in [1.54, 1.807) is 0 Å². The Kier molecular flexibility index (Phi) is 3.63. The number of Topliss-reactive ketones (excluding diaryl/α,β-unsaturated/α-hetero) is 1. The number of likely N-dealkylation sites (tertiary alicyclic amines) is 1. The molecule has 1 aromatic rings. The first-order chi connectivity index (χ1) is 13.1. The minimum absolute atomic E-state index is 0.0886. The van der Waals surface area contributed by atoms with Crippen molar-refractivity contribution in [1.82, 2.24) is 4.90 Å². The van der Waals surface area contributed by atoms with Crippen LogP contribution in [0.25, 0.3) is 0 Å². The lowest BCUT2D eigenvalue weighted by Gasteiger charge is -2.58. The van der Waals surface area contributed by atoms with Crippen molar-refractivity contribution >= 4 is 15.5 Å². The molecule has 5 rings (SSSR count). The highest BCUT2D eigenvalue weighted by Crippen LogP contribution is 2.66. The molecule has 4 nitrogen and oxygen atoms in total. The SMILES string of the molecule is CC1=C[C@H]2[C@H]3Cc4ccc(O[Si]C(C)(C)C)c5c4[C@@]2(CCN3C)[C@@](C)(O5)C1=O. The molecule has 2 radical (unpaired) electrons. The lowest BCUT2D eigenvalue weighted by atomic mass is 9.48. The van der Waals surface area contributed by atoms with Gasteiger partial charge in [-0.25, -0.2) is 0 Å². The Morgan fingerprint density at radius 3 is 2.79 bits per heavy atom. The van der Waals surface area contributed by atoms with E-state index in [-0.39, 0.29) is 16.2 Å². The Bertz CT molecular complexity index is 917. The summed E-state index contributed by atoms with van der Waals surface area (Å²) in [6.45, 7) is 11.5. The van der Waals surface area contributed by atoms with Crippen LogP contribution in [-0.4, -0.2) is 45.7 Å². The molecular formula is C23H29NO3Si. The fourth-order valence-electron chi connectivity index (χ4n) is 6.05. The van der Waals surface area contributed by atoms with Crippen LogP contribution in [0.3, 0.4) is 0 Å². The summed E-state index contributed by atoms with van der Waals surface area (Å²) in [6.07, 6.45) is 4.20. The van der Waals surface area contributed by atoms with Crippen molar-refractivity contribution in [3.8, 4) is 11.5 Å².